The van der Waals surface area contributed by atoms with Crippen LogP contribution in [0.1, 0.15) is 0 Å². The van der Waals surface area contributed by atoms with E-state index in [-0.39, 0.29) is 0 Å². The van der Waals surface area contributed by atoms with E-state index in [9.17, 15) is 0 Å². The molecule has 0 spiro atoms. The van der Waals surface area contributed by atoms with Gasteiger partial charge in [0.25, 0.3) is 0 Å². The topological polar surface area (TPSA) is 60.2 Å². The van der Waals surface area contributed by atoms with E-state index in [1.165, 1.54) is 0 Å². The van der Waals surface area contributed by atoms with Gasteiger partial charge in [0, 0.05) is 0 Å². The summed E-state index contributed by atoms with van der Waals surface area (Å²) in [6.07, 6.45) is 1.00. The number of carbonyl (C=O) groups excluding carboxylic acids is 2. The Bertz CT molecular complexity index is 21.6. The maximum atomic E-state index is 8.46. The summed E-state index contributed by atoms with van der Waals surface area (Å²) >= 11 is 0. The van der Waals surface area contributed by atoms with Gasteiger partial charge >= 0.3 is 6.41 Å². The van der Waals surface area contributed by atoms with E-state index in [0.29, 0.717) is 0 Å². The average Bonchev–Trinajstić information content (AvgIpc) is 1.46. The Morgan fingerprint density at radius 3 is 1.60 bits per heavy atom. The Balaban J connectivity index is 0. The molecule has 2 N–H and O–H groups in total. The van der Waals surface area contributed by atoms with Gasteiger partial charge in [-0.05, 0) is 0 Å². The Morgan fingerprint density at radius 2 is 1.60 bits per heavy atom. The lowest BCUT2D eigenvalue weighted by Gasteiger charge is -1.28. The van der Waals surface area contributed by atoms with Gasteiger partial charge in [-0.25, -0.2) is 0 Å². The van der Waals surface area contributed by atoms with Gasteiger partial charge in [-0.15, -0.1) is 0 Å². The molecular formula is C2H3NO2. The second kappa shape index (κ2) is 734. The van der Waals surface area contributed by atoms with E-state index in [1.807, 2.05) is 0 Å². The minimum atomic E-state index is 1.00. The fourth-order valence-electron chi connectivity index (χ4n) is 0. The van der Waals surface area contributed by atoms with Crippen LogP contribution in [0.3, 0.4) is 0 Å². The number of primary amides is 1. The molecule has 0 aromatic carbocycles. The van der Waals surface area contributed by atoms with Crippen molar-refractivity contribution in [2.75, 3.05) is 0 Å². The first-order valence-electron chi connectivity index (χ1n) is 0.729. The monoisotopic (exact) mass is 73.0 g/mol. The molecular weight excluding hydrogens is 70.0 g/mol. The summed E-state index contributed by atoms with van der Waals surface area (Å²) in [5.74, 6) is 0. The molecule has 28 valence electrons. The van der Waals surface area contributed by atoms with Gasteiger partial charge in [-0.1, -0.05) is 0 Å². The van der Waals surface area contributed by atoms with Crippen molar-refractivity contribution in [3.63, 3.8) is 0 Å². The van der Waals surface area contributed by atoms with Crippen molar-refractivity contribution in [1.29, 1.82) is 0 Å². The molecule has 0 aliphatic carbocycles. The zero-order valence-corrected chi connectivity index (χ0v) is 2.47. The van der Waals surface area contributed by atoms with Crippen LogP contribution in [-0.2, 0) is 9.59 Å². The SMILES string of the molecule is N[C]=O.[CH]=O. The van der Waals surface area contributed by atoms with Gasteiger partial charge in [0.15, 0.2) is 6.79 Å². The lowest BCUT2D eigenvalue weighted by atomic mass is 11.5. The van der Waals surface area contributed by atoms with Gasteiger partial charge < -0.3 is 5.73 Å². The first-order chi connectivity index (χ1) is 2.41. The normalized spacial score (nSPS) is 3.20. The molecule has 0 aliphatic heterocycles. The van der Waals surface area contributed by atoms with Crippen LogP contribution < -0.4 is 5.73 Å². The van der Waals surface area contributed by atoms with E-state index in [0.717, 1.165) is 6.41 Å². The smallest absolute Gasteiger partial charge is 0.306 e. The summed E-state index contributed by atoms with van der Waals surface area (Å²) < 4.78 is 0. The van der Waals surface area contributed by atoms with Crippen molar-refractivity contribution >= 4 is 13.2 Å². The number of rotatable bonds is 0. The van der Waals surface area contributed by atoms with Gasteiger partial charge in [-0.2, -0.15) is 0 Å². The summed E-state index contributed by atoms with van der Waals surface area (Å²) in [4.78, 5) is 16.2. The first kappa shape index (κ1) is 8.91. The average molecular weight is 73.1 g/mol. The first-order valence-corrected chi connectivity index (χ1v) is 0.729. The number of amides is 1. The summed E-state index contributed by atoms with van der Waals surface area (Å²) in [5.41, 5.74) is 4.04. The van der Waals surface area contributed by atoms with Crippen molar-refractivity contribution < 1.29 is 9.59 Å². The largest absolute Gasteiger partial charge is 0.361 e. The van der Waals surface area contributed by atoms with Crippen LogP contribution in [0.2, 0.25) is 0 Å². The molecule has 0 heterocycles. The molecule has 0 fully saturated rings. The quantitative estimate of drug-likeness (QED) is 0.287. The molecule has 2 radical (unpaired) electrons. The third-order valence-corrected chi connectivity index (χ3v) is 0. The van der Waals surface area contributed by atoms with Gasteiger partial charge in [0.2, 0.25) is 0 Å². The molecule has 3 nitrogen and oxygen atoms in total. The van der Waals surface area contributed by atoms with E-state index < -0.39 is 0 Å². The van der Waals surface area contributed by atoms with Crippen molar-refractivity contribution in [2.24, 2.45) is 5.73 Å². The van der Waals surface area contributed by atoms with E-state index in [2.05, 4.69) is 12.5 Å². The standard InChI is InChI=1S/CH2NO.CHO/c2-1-3;1-2/h(H2,2,3);1H. The minimum Gasteiger partial charge on any atom is -0.361 e. The van der Waals surface area contributed by atoms with Crippen LogP contribution in [0.15, 0.2) is 0 Å². The second-order valence-electron chi connectivity index (χ2n) is 0.118. The molecule has 3 heteroatoms. The van der Waals surface area contributed by atoms with Crippen LogP contribution >= 0.6 is 0 Å². The highest BCUT2D eigenvalue weighted by Crippen LogP contribution is 0.809. The highest BCUT2D eigenvalue weighted by atomic mass is 16.1. The zero-order chi connectivity index (χ0) is 4.71. The van der Waals surface area contributed by atoms with E-state index >= 15 is 0 Å². The van der Waals surface area contributed by atoms with Crippen LogP contribution in [0.25, 0.3) is 0 Å². The molecule has 0 saturated heterocycles. The molecule has 0 atom stereocenters. The van der Waals surface area contributed by atoms with Crippen LogP contribution in [0, 0.1) is 0 Å². The second-order valence-corrected chi connectivity index (χ2v) is 0.118. The summed E-state index contributed by atoms with van der Waals surface area (Å²) in [5, 5.41) is 0. The Hall–Kier alpha value is -0.860. The summed E-state index contributed by atoms with van der Waals surface area (Å²) in [6, 6.07) is 0. The van der Waals surface area contributed by atoms with Crippen LogP contribution in [-0.4, -0.2) is 13.2 Å². The van der Waals surface area contributed by atoms with E-state index in [4.69, 9.17) is 9.59 Å². The molecule has 0 rings (SSSR count). The molecule has 0 aliphatic rings. The highest BCUT2D eigenvalue weighted by molar-refractivity contribution is 5.43. The van der Waals surface area contributed by atoms with Gasteiger partial charge in [0.05, 0.1) is 0 Å². The lowest BCUT2D eigenvalue weighted by molar-refractivity contribution is 0.557. The lowest BCUT2D eigenvalue weighted by Crippen LogP contribution is -1.82. The van der Waals surface area contributed by atoms with Crippen molar-refractivity contribution in [3.8, 4) is 0 Å². The molecule has 0 saturated carbocycles. The molecule has 5 heavy (non-hydrogen) atoms. The summed E-state index contributed by atoms with van der Waals surface area (Å²) in [6.45, 7) is 3.25. The Morgan fingerprint density at radius 1 is 1.60 bits per heavy atom. The predicted octanol–water partition coefficient (Wildman–Crippen LogP) is -1.26. The Kier molecular flexibility index (Phi) is 1310. The minimum absolute atomic E-state index is 1.00. The Labute approximate surface area is 29.8 Å². The van der Waals surface area contributed by atoms with Crippen LogP contribution in [0.5, 0.6) is 0 Å². The maximum Gasteiger partial charge on any atom is 0.306 e. The number of hydrogen-bond acceptors (Lipinski definition) is 2. The number of nitrogens with two attached hydrogens (primary N) is 1. The van der Waals surface area contributed by atoms with Crippen LogP contribution in [0.4, 0.5) is 0 Å². The maximum absolute atomic E-state index is 8.46. The highest BCUT2D eigenvalue weighted by Gasteiger charge is 1.25. The fourth-order valence-corrected chi connectivity index (χ4v) is 0. The molecule has 0 aromatic rings. The molecule has 0 aromatic heterocycles. The molecule has 0 bridgehead atoms. The third-order valence-electron chi connectivity index (χ3n) is 0. The van der Waals surface area contributed by atoms with Gasteiger partial charge in [-0.3, -0.25) is 9.59 Å². The van der Waals surface area contributed by atoms with E-state index in [1.54, 1.807) is 0 Å². The predicted molar refractivity (Wildman–Crippen MR) is 16.6 cm³/mol. The zero-order valence-electron chi connectivity index (χ0n) is 2.47. The van der Waals surface area contributed by atoms with Gasteiger partial charge in [0.1, 0.15) is 0 Å². The fraction of sp³-hybridized carbons (Fsp3) is 0. The molecule has 0 unspecified atom stereocenters. The summed E-state index contributed by atoms with van der Waals surface area (Å²) in [7, 11) is 0. The third kappa shape index (κ3) is 5.52. The van der Waals surface area contributed by atoms with Crippen molar-refractivity contribution in [3.05, 3.63) is 0 Å². The van der Waals surface area contributed by atoms with Crippen molar-refractivity contribution in [2.45, 2.75) is 0 Å². The number of hydrogen-bond donors (Lipinski definition) is 1. The molecule has 1 amide bonds. The van der Waals surface area contributed by atoms with Crippen molar-refractivity contribution in [1.82, 2.24) is 0 Å².